The van der Waals surface area contributed by atoms with E-state index in [4.69, 9.17) is 16.3 Å². The molecule has 27 heavy (non-hydrogen) atoms. The number of carbonyl (C=O) groups excluding carboxylic acids is 1. The molecule has 1 N–H and O–H groups in total. The van der Waals surface area contributed by atoms with E-state index < -0.39 is 0 Å². The Morgan fingerprint density at radius 2 is 2.11 bits per heavy atom. The Bertz CT molecular complexity index is 840. The summed E-state index contributed by atoms with van der Waals surface area (Å²) in [6.45, 7) is 8.22. The average molecular weight is 388 g/mol. The van der Waals surface area contributed by atoms with Gasteiger partial charge in [-0.3, -0.25) is 14.7 Å². The van der Waals surface area contributed by atoms with Crippen LogP contribution in [0.5, 0.6) is 5.75 Å². The SMILES string of the molecule is COc1ccc(C(C)N2CC[C@@H](NC(=O)c3ccncc3Cl)C2)c(C)c1C. The highest BCUT2D eigenvalue weighted by Gasteiger charge is 2.29. The van der Waals surface area contributed by atoms with E-state index in [0.29, 0.717) is 10.6 Å². The molecule has 2 aromatic rings. The zero-order chi connectivity index (χ0) is 19.6. The Balaban J connectivity index is 1.66. The molecule has 0 spiro atoms. The third-order valence-electron chi connectivity index (χ3n) is 5.57. The number of rotatable bonds is 5. The maximum absolute atomic E-state index is 12.5. The van der Waals surface area contributed by atoms with E-state index in [-0.39, 0.29) is 18.0 Å². The van der Waals surface area contributed by atoms with Gasteiger partial charge in [0.05, 0.1) is 17.7 Å². The fraction of sp³-hybridized carbons (Fsp3) is 0.429. The van der Waals surface area contributed by atoms with Crippen molar-refractivity contribution in [1.82, 2.24) is 15.2 Å². The van der Waals surface area contributed by atoms with Crippen LogP contribution >= 0.6 is 11.6 Å². The maximum Gasteiger partial charge on any atom is 0.253 e. The molecule has 1 aromatic carbocycles. The molecule has 0 bridgehead atoms. The summed E-state index contributed by atoms with van der Waals surface area (Å²) in [5, 5.41) is 3.48. The van der Waals surface area contributed by atoms with Gasteiger partial charge in [0.25, 0.3) is 5.91 Å². The van der Waals surface area contributed by atoms with Crippen LogP contribution in [0.4, 0.5) is 0 Å². The molecule has 1 aliphatic heterocycles. The number of benzene rings is 1. The highest BCUT2D eigenvalue weighted by Crippen LogP contribution is 2.32. The van der Waals surface area contributed by atoms with Gasteiger partial charge in [0, 0.05) is 37.6 Å². The molecule has 1 aliphatic rings. The number of hydrogen-bond donors (Lipinski definition) is 1. The second-order valence-electron chi connectivity index (χ2n) is 7.09. The summed E-state index contributed by atoms with van der Waals surface area (Å²) >= 11 is 6.08. The fourth-order valence-corrected chi connectivity index (χ4v) is 3.97. The van der Waals surface area contributed by atoms with Crippen LogP contribution in [0.1, 0.15) is 46.4 Å². The van der Waals surface area contributed by atoms with Crippen LogP contribution < -0.4 is 10.1 Å². The van der Waals surface area contributed by atoms with Gasteiger partial charge in [-0.25, -0.2) is 0 Å². The van der Waals surface area contributed by atoms with Crippen LogP contribution in [0, 0.1) is 13.8 Å². The van der Waals surface area contributed by atoms with Crippen molar-refractivity contribution in [2.45, 2.75) is 39.3 Å². The summed E-state index contributed by atoms with van der Waals surface area (Å²) in [5.41, 5.74) is 4.22. The lowest BCUT2D eigenvalue weighted by atomic mass is 9.97. The van der Waals surface area contributed by atoms with E-state index in [0.717, 1.165) is 25.3 Å². The zero-order valence-corrected chi connectivity index (χ0v) is 17.0. The van der Waals surface area contributed by atoms with Crippen LogP contribution in [0.3, 0.4) is 0 Å². The van der Waals surface area contributed by atoms with Crippen LogP contribution in [0.2, 0.25) is 5.02 Å². The molecular weight excluding hydrogens is 362 g/mol. The molecule has 0 saturated carbocycles. The number of hydrogen-bond acceptors (Lipinski definition) is 4. The second-order valence-corrected chi connectivity index (χ2v) is 7.50. The van der Waals surface area contributed by atoms with Gasteiger partial charge >= 0.3 is 0 Å². The number of aromatic nitrogens is 1. The summed E-state index contributed by atoms with van der Waals surface area (Å²) in [5.74, 6) is 0.780. The highest BCUT2D eigenvalue weighted by molar-refractivity contribution is 6.33. The van der Waals surface area contributed by atoms with Gasteiger partial charge in [0.1, 0.15) is 5.75 Å². The van der Waals surface area contributed by atoms with E-state index in [1.807, 2.05) is 6.07 Å². The van der Waals surface area contributed by atoms with E-state index in [1.54, 1.807) is 19.4 Å². The van der Waals surface area contributed by atoms with E-state index in [1.165, 1.54) is 22.9 Å². The van der Waals surface area contributed by atoms with Crippen molar-refractivity contribution in [3.63, 3.8) is 0 Å². The number of amides is 1. The number of likely N-dealkylation sites (tertiary alicyclic amines) is 1. The summed E-state index contributed by atoms with van der Waals surface area (Å²) in [6.07, 6.45) is 4.00. The monoisotopic (exact) mass is 387 g/mol. The summed E-state index contributed by atoms with van der Waals surface area (Å²) in [7, 11) is 1.70. The van der Waals surface area contributed by atoms with Crippen molar-refractivity contribution in [2.24, 2.45) is 0 Å². The van der Waals surface area contributed by atoms with Crippen LogP contribution in [-0.2, 0) is 0 Å². The van der Waals surface area contributed by atoms with E-state index in [9.17, 15) is 4.79 Å². The lowest BCUT2D eigenvalue weighted by Gasteiger charge is -2.27. The molecule has 0 radical (unpaired) electrons. The molecule has 1 amide bonds. The van der Waals surface area contributed by atoms with Crippen molar-refractivity contribution in [3.05, 3.63) is 57.9 Å². The third-order valence-corrected chi connectivity index (χ3v) is 5.87. The summed E-state index contributed by atoms with van der Waals surface area (Å²) in [4.78, 5) is 18.8. The molecule has 1 fully saturated rings. The minimum absolute atomic E-state index is 0.115. The first kappa shape index (κ1) is 19.6. The first-order valence-electron chi connectivity index (χ1n) is 9.21. The molecular formula is C21H26ClN3O2. The number of carbonyl (C=O) groups is 1. The minimum atomic E-state index is -0.140. The Hall–Kier alpha value is -2.11. The predicted octanol–water partition coefficient (Wildman–Crippen LogP) is 3.93. The first-order chi connectivity index (χ1) is 12.9. The number of halogens is 1. The zero-order valence-electron chi connectivity index (χ0n) is 16.3. The van der Waals surface area contributed by atoms with Gasteiger partial charge in [0.2, 0.25) is 0 Å². The Labute approximate surface area is 165 Å². The fourth-order valence-electron chi connectivity index (χ4n) is 3.77. The normalized spacial score (nSPS) is 18.3. The van der Waals surface area contributed by atoms with E-state index in [2.05, 4.69) is 42.0 Å². The Morgan fingerprint density at radius 1 is 1.33 bits per heavy atom. The molecule has 144 valence electrons. The molecule has 5 nitrogen and oxygen atoms in total. The number of nitrogens with zero attached hydrogens (tertiary/aromatic N) is 2. The average Bonchev–Trinajstić information content (AvgIpc) is 3.12. The summed E-state index contributed by atoms with van der Waals surface area (Å²) < 4.78 is 5.42. The van der Waals surface area contributed by atoms with Crippen LogP contribution in [0.25, 0.3) is 0 Å². The standard InChI is InChI=1S/C21H26ClN3O2/c1-13-14(2)20(27-4)6-5-17(13)15(3)25-10-8-16(12-25)24-21(26)18-7-9-23-11-19(18)22/h5-7,9,11,15-16H,8,10,12H2,1-4H3,(H,24,26)/t15?,16-/m1/s1. The predicted molar refractivity (Wildman–Crippen MR) is 108 cm³/mol. The lowest BCUT2D eigenvalue weighted by Crippen LogP contribution is -2.37. The minimum Gasteiger partial charge on any atom is -0.496 e. The second kappa shape index (κ2) is 8.28. The number of methoxy groups -OCH3 is 1. The molecule has 2 atom stereocenters. The molecule has 1 aromatic heterocycles. The number of pyridine rings is 1. The van der Waals surface area contributed by atoms with Gasteiger partial charge < -0.3 is 10.1 Å². The van der Waals surface area contributed by atoms with Crippen LogP contribution in [0.15, 0.2) is 30.6 Å². The number of ether oxygens (including phenoxy) is 1. The lowest BCUT2D eigenvalue weighted by molar-refractivity contribution is 0.0936. The molecule has 0 aliphatic carbocycles. The third kappa shape index (κ3) is 4.09. The molecule has 3 rings (SSSR count). The van der Waals surface area contributed by atoms with Crippen molar-refractivity contribution >= 4 is 17.5 Å². The molecule has 2 heterocycles. The van der Waals surface area contributed by atoms with Crippen LogP contribution in [-0.4, -0.2) is 42.0 Å². The van der Waals surface area contributed by atoms with Crippen molar-refractivity contribution in [2.75, 3.05) is 20.2 Å². The summed E-state index contributed by atoms with van der Waals surface area (Å²) in [6, 6.07) is 6.23. The smallest absolute Gasteiger partial charge is 0.253 e. The van der Waals surface area contributed by atoms with Gasteiger partial charge in [-0.1, -0.05) is 17.7 Å². The molecule has 6 heteroatoms. The number of nitrogens with one attached hydrogen (secondary N) is 1. The Kier molecular flexibility index (Phi) is 6.02. The van der Waals surface area contributed by atoms with Crippen molar-refractivity contribution < 1.29 is 9.53 Å². The van der Waals surface area contributed by atoms with E-state index >= 15 is 0 Å². The van der Waals surface area contributed by atoms with Gasteiger partial charge in [-0.2, -0.15) is 0 Å². The van der Waals surface area contributed by atoms with Gasteiger partial charge in [-0.15, -0.1) is 0 Å². The maximum atomic E-state index is 12.5. The molecule has 1 saturated heterocycles. The first-order valence-corrected chi connectivity index (χ1v) is 9.58. The van der Waals surface area contributed by atoms with Crippen molar-refractivity contribution in [3.8, 4) is 5.75 Å². The largest absolute Gasteiger partial charge is 0.496 e. The van der Waals surface area contributed by atoms with Gasteiger partial charge in [0.15, 0.2) is 0 Å². The molecule has 1 unspecified atom stereocenters. The topological polar surface area (TPSA) is 54.5 Å². The van der Waals surface area contributed by atoms with Crippen molar-refractivity contribution in [1.29, 1.82) is 0 Å². The quantitative estimate of drug-likeness (QED) is 0.844. The highest BCUT2D eigenvalue weighted by atomic mass is 35.5. The van der Waals surface area contributed by atoms with Gasteiger partial charge in [-0.05, 0) is 56.0 Å². The Morgan fingerprint density at radius 3 is 2.81 bits per heavy atom.